The monoisotopic (exact) mass is 277 g/mol. The Bertz CT molecular complexity index is 539. The van der Waals surface area contributed by atoms with Crippen molar-refractivity contribution in [2.75, 3.05) is 12.8 Å². The van der Waals surface area contributed by atoms with Gasteiger partial charge in [-0.1, -0.05) is 30.3 Å². The smallest absolute Gasteiger partial charge is 0.0695 e. The van der Waals surface area contributed by atoms with Crippen molar-refractivity contribution < 1.29 is 4.21 Å². The van der Waals surface area contributed by atoms with Crippen LogP contribution in [0.15, 0.2) is 36.5 Å². The quantitative estimate of drug-likeness (QED) is 0.848. The van der Waals surface area contributed by atoms with Gasteiger partial charge < -0.3 is 5.32 Å². The summed E-state index contributed by atoms with van der Waals surface area (Å²) in [5.74, 6) is 0. The van der Waals surface area contributed by atoms with Crippen molar-refractivity contribution in [1.29, 1.82) is 0 Å². The summed E-state index contributed by atoms with van der Waals surface area (Å²) in [5.41, 5.74) is 3.29. The van der Waals surface area contributed by atoms with Crippen LogP contribution in [0.5, 0.6) is 0 Å². The molecule has 0 spiro atoms. The first-order valence-electron chi connectivity index (χ1n) is 6.29. The van der Waals surface area contributed by atoms with Gasteiger partial charge in [0.25, 0.3) is 0 Å². The lowest BCUT2D eigenvalue weighted by Crippen LogP contribution is -2.27. The van der Waals surface area contributed by atoms with Crippen molar-refractivity contribution in [2.24, 2.45) is 0 Å². The van der Waals surface area contributed by atoms with Gasteiger partial charge in [-0.2, -0.15) is 5.10 Å². The molecule has 0 aliphatic rings. The second kappa shape index (κ2) is 6.63. The molecule has 2 aromatic rings. The Labute approximate surface area is 116 Å². The minimum Gasteiger partial charge on any atom is -0.311 e. The zero-order valence-electron chi connectivity index (χ0n) is 11.2. The maximum absolute atomic E-state index is 11.3. The van der Waals surface area contributed by atoms with Crippen LogP contribution in [0.25, 0.3) is 11.3 Å². The molecule has 1 aromatic heterocycles. The van der Waals surface area contributed by atoms with Crippen molar-refractivity contribution >= 4 is 10.8 Å². The average molecular weight is 277 g/mol. The number of nitrogens with zero attached hydrogens (tertiary/aromatic N) is 1. The van der Waals surface area contributed by atoms with E-state index in [1.54, 1.807) is 6.26 Å². The SMILES string of the molecule is CC(CNCc1cn[nH]c1-c1ccccc1)S(C)=O. The van der Waals surface area contributed by atoms with Crippen LogP contribution in [0.1, 0.15) is 12.5 Å². The Morgan fingerprint density at radius 1 is 1.37 bits per heavy atom. The summed E-state index contributed by atoms with van der Waals surface area (Å²) < 4.78 is 11.3. The predicted octanol–water partition coefficient (Wildman–Crippen LogP) is 1.93. The van der Waals surface area contributed by atoms with Crippen molar-refractivity contribution in [3.8, 4) is 11.3 Å². The number of aromatic amines is 1. The first-order chi connectivity index (χ1) is 9.18. The molecule has 0 saturated heterocycles. The number of benzene rings is 1. The molecular weight excluding hydrogens is 258 g/mol. The van der Waals surface area contributed by atoms with Crippen molar-refractivity contribution in [3.63, 3.8) is 0 Å². The highest BCUT2D eigenvalue weighted by atomic mass is 32.2. The van der Waals surface area contributed by atoms with E-state index in [9.17, 15) is 4.21 Å². The fourth-order valence-electron chi connectivity index (χ4n) is 1.83. The third-order valence-electron chi connectivity index (χ3n) is 3.09. The number of rotatable bonds is 6. The molecule has 0 aliphatic heterocycles. The molecule has 4 nitrogen and oxygen atoms in total. The molecule has 0 saturated carbocycles. The lowest BCUT2D eigenvalue weighted by molar-refractivity contribution is 0.647. The number of aromatic nitrogens is 2. The molecule has 2 rings (SSSR count). The van der Waals surface area contributed by atoms with Gasteiger partial charge in [0.1, 0.15) is 0 Å². The molecule has 1 aromatic carbocycles. The van der Waals surface area contributed by atoms with Crippen LogP contribution in [-0.2, 0) is 17.3 Å². The van der Waals surface area contributed by atoms with E-state index in [0.29, 0.717) is 0 Å². The van der Waals surface area contributed by atoms with E-state index in [4.69, 9.17) is 0 Å². The Kier molecular flexibility index (Phi) is 4.87. The lowest BCUT2D eigenvalue weighted by atomic mass is 10.1. The summed E-state index contributed by atoms with van der Waals surface area (Å²) in [5, 5.41) is 10.6. The molecule has 0 aliphatic carbocycles. The summed E-state index contributed by atoms with van der Waals surface area (Å²) in [6, 6.07) is 10.1. The number of hydrogen-bond donors (Lipinski definition) is 2. The zero-order valence-corrected chi connectivity index (χ0v) is 12.0. The molecule has 19 heavy (non-hydrogen) atoms. The van der Waals surface area contributed by atoms with Gasteiger partial charge in [-0.25, -0.2) is 0 Å². The van der Waals surface area contributed by atoms with E-state index in [-0.39, 0.29) is 5.25 Å². The van der Waals surface area contributed by atoms with Crippen molar-refractivity contribution in [3.05, 3.63) is 42.1 Å². The third kappa shape index (κ3) is 3.75. The molecule has 0 radical (unpaired) electrons. The van der Waals surface area contributed by atoms with E-state index in [2.05, 4.69) is 27.6 Å². The first-order valence-corrected chi connectivity index (χ1v) is 7.91. The van der Waals surface area contributed by atoms with E-state index in [0.717, 1.165) is 29.9 Å². The first kappa shape index (κ1) is 14.0. The summed E-state index contributed by atoms with van der Waals surface area (Å²) in [6.45, 7) is 3.45. The molecule has 0 bridgehead atoms. The van der Waals surface area contributed by atoms with E-state index >= 15 is 0 Å². The minimum atomic E-state index is -0.786. The van der Waals surface area contributed by atoms with Crippen molar-refractivity contribution in [1.82, 2.24) is 15.5 Å². The normalized spacial score (nSPS) is 14.2. The van der Waals surface area contributed by atoms with E-state index < -0.39 is 10.8 Å². The third-order valence-corrected chi connectivity index (χ3v) is 4.39. The maximum atomic E-state index is 11.3. The molecule has 102 valence electrons. The lowest BCUT2D eigenvalue weighted by Gasteiger charge is -2.10. The van der Waals surface area contributed by atoms with Crippen LogP contribution in [0, 0.1) is 0 Å². The highest BCUT2D eigenvalue weighted by Crippen LogP contribution is 2.20. The highest BCUT2D eigenvalue weighted by molar-refractivity contribution is 7.84. The van der Waals surface area contributed by atoms with Crippen LogP contribution in [0.2, 0.25) is 0 Å². The van der Waals surface area contributed by atoms with E-state index in [1.807, 2.05) is 31.3 Å². The second-order valence-corrected chi connectivity index (χ2v) is 6.38. The van der Waals surface area contributed by atoms with Gasteiger partial charge in [0.05, 0.1) is 11.9 Å². The Morgan fingerprint density at radius 2 is 2.11 bits per heavy atom. The Hall–Kier alpha value is -1.46. The molecule has 0 fully saturated rings. The van der Waals surface area contributed by atoms with Crippen LogP contribution in [0.3, 0.4) is 0 Å². The summed E-state index contributed by atoms with van der Waals surface area (Å²) in [6.07, 6.45) is 3.57. The van der Waals surface area contributed by atoms with Gasteiger partial charge in [-0.15, -0.1) is 0 Å². The Balaban J connectivity index is 1.99. The van der Waals surface area contributed by atoms with Crippen LogP contribution < -0.4 is 5.32 Å². The standard InChI is InChI=1S/C14H19N3OS/c1-11(19(2)18)8-15-9-13-10-16-17-14(13)12-6-4-3-5-7-12/h3-7,10-11,15H,8-9H2,1-2H3,(H,16,17). The topological polar surface area (TPSA) is 57.8 Å². The average Bonchev–Trinajstić information content (AvgIpc) is 2.88. The molecule has 0 amide bonds. The molecule has 2 N–H and O–H groups in total. The second-order valence-electron chi connectivity index (χ2n) is 4.58. The fourth-order valence-corrected chi connectivity index (χ4v) is 2.18. The van der Waals surface area contributed by atoms with Crippen LogP contribution >= 0.6 is 0 Å². The largest absolute Gasteiger partial charge is 0.311 e. The van der Waals surface area contributed by atoms with E-state index in [1.165, 1.54) is 0 Å². The molecular formula is C14H19N3OS. The van der Waals surface area contributed by atoms with Gasteiger partial charge >= 0.3 is 0 Å². The van der Waals surface area contributed by atoms with Gasteiger partial charge in [0.15, 0.2) is 0 Å². The minimum absolute atomic E-state index is 0.159. The van der Waals surface area contributed by atoms with Gasteiger partial charge in [-0.3, -0.25) is 9.31 Å². The summed E-state index contributed by atoms with van der Waals surface area (Å²) in [7, 11) is -0.786. The van der Waals surface area contributed by atoms with Crippen LogP contribution in [0.4, 0.5) is 0 Å². The van der Waals surface area contributed by atoms with Gasteiger partial charge in [0.2, 0.25) is 0 Å². The van der Waals surface area contributed by atoms with Crippen LogP contribution in [-0.4, -0.2) is 32.5 Å². The molecule has 1 heterocycles. The number of nitrogens with one attached hydrogen (secondary N) is 2. The maximum Gasteiger partial charge on any atom is 0.0695 e. The summed E-state index contributed by atoms with van der Waals surface area (Å²) in [4.78, 5) is 0. The van der Waals surface area contributed by atoms with Gasteiger partial charge in [-0.05, 0) is 12.5 Å². The Morgan fingerprint density at radius 3 is 2.79 bits per heavy atom. The molecule has 2 atom stereocenters. The molecule has 2 unspecified atom stereocenters. The number of hydrogen-bond acceptors (Lipinski definition) is 3. The summed E-state index contributed by atoms with van der Waals surface area (Å²) >= 11 is 0. The predicted molar refractivity (Wildman–Crippen MR) is 79.3 cm³/mol. The highest BCUT2D eigenvalue weighted by Gasteiger charge is 2.09. The number of H-pyrrole nitrogens is 1. The fraction of sp³-hybridized carbons (Fsp3) is 0.357. The van der Waals surface area contributed by atoms with Gasteiger partial charge in [0, 0.05) is 41.0 Å². The molecule has 5 heteroatoms. The zero-order chi connectivity index (χ0) is 13.7. The van der Waals surface area contributed by atoms with Crippen molar-refractivity contribution in [2.45, 2.75) is 18.7 Å².